The Morgan fingerprint density at radius 3 is 1.07 bits per heavy atom. The summed E-state index contributed by atoms with van der Waals surface area (Å²) in [6, 6.07) is 65.6. The zero-order valence-corrected chi connectivity index (χ0v) is 87.3. The lowest BCUT2D eigenvalue weighted by atomic mass is 9.76. The molecule has 7 aromatic rings. The summed E-state index contributed by atoms with van der Waals surface area (Å²) >= 11 is 0. The van der Waals surface area contributed by atoms with Crippen LogP contribution in [0.2, 0.25) is 0 Å². The highest BCUT2D eigenvalue weighted by Gasteiger charge is 2.58. The van der Waals surface area contributed by atoms with Crippen LogP contribution in [0.25, 0.3) is 0 Å². The molecule has 7 aromatic carbocycles. The van der Waals surface area contributed by atoms with Crippen molar-refractivity contribution in [3.05, 3.63) is 251 Å². The van der Waals surface area contributed by atoms with Crippen molar-refractivity contribution in [1.82, 2.24) is 10.6 Å². The van der Waals surface area contributed by atoms with Crippen LogP contribution in [0.4, 0.5) is 0 Å². The van der Waals surface area contributed by atoms with Crippen molar-refractivity contribution in [3.63, 3.8) is 0 Å². The second-order valence-electron chi connectivity index (χ2n) is 41.6. The molecular weight excluding hydrogens is 1860 g/mol. The summed E-state index contributed by atoms with van der Waals surface area (Å²) in [7, 11) is 2.74. The van der Waals surface area contributed by atoms with E-state index in [1.165, 1.54) is 41.9 Å². The molecule has 0 bridgehead atoms. The van der Waals surface area contributed by atoms with Gasteiger partial charge in [0.25, 0.3) is 0 Å². The molecule has 2 amide bonds. The largest absolute Gasteiger partial charge is 0.469 e. The molecule has 4 aliphatic carbocycles. The number of nitrogens with one attached hydrogen (secondary N) is 2. The molecule has 4 aliphatic heterocycles. The number of carbonyl (C=O) groups excluding carboxylic acids is 6. The fourth-order valence-corrected chi connectivity index (χ4v) is 22.9. The summed E-state index contributed by atoms with van der Waals surface area (Å²) < 4.78 is 115. The topological polar surface area (TPSA) is 344 Å². The van der Waals surface area contributed by atoms with Gasteiger partial charge in [0.2, 0.25) is 11.8 Å². The lowest BCUT2D eigenvalue weighted by molar-refractivity contribution is -0.343. The average Bonchev–Trinajstić information content (AvgIpc) is 0.794. The molecule has 8 aliphatic rings. The van der Waals surface area contributed by atoms with Crippen molar-refractivity contribution < 1.29 is 125 Å². The SMILES string of the molecule is CC[C@@H]1CC(C(=O)OC)C[C@@H](O[C@@H]2O[C@@H](CO)[C@H](O)C(O[C@@H](CC3CCCCC3)C(C)=O)C2NC(C)=O)C1O[C@@H]1OC(C)[C@@H](C)[C@H](OCc2ccccc2)C1OCc1ccccc1.CC[C@@H]1CC(C(=O)OC)C[C@@H](O[C@@H]2O[C@@H](COC(c3ccccc3)(c3ccccc3)c3ccc(C)cc3)[C@H](O)C(O[C@@H](CC3CCCCC3)C(C)=O)C2NC(C)=O)C1O[C@@H]1OC(C)[C@@H](C)[C@H](OCc2ccccc2)C1OCc1ccccc1. The Kier molecular flexibility index (Phi) is 42.6. The summed E-state index contributed by atoms with van der Waals surface area (Å²) in [6.07, 6.45) is -6.36. The standard InChI is InChI=1S/C69H87NO13.C49H71NO13/c1-8-52-39-53(66(74)75-7)40-58(63(52)83-68-65(77-42-51-28-18-11-19-29-51)62(45(3)47(5)79-68)76-41-50-26-16-10-17-27-50)81-67-60(70-48(6)72)64(80-57(46(4)71)38-49-24-14-9-15-25-49)61(73)59(82-67)43-78-69(54-30-20-12-21-31-54,55-32-22-13-23-33-55)56-36-34-44(2)35-37-56;1-7-36-24-37(47(55)56-6)25-39(61-48-41(50-32(5)53)45(42(54)40(26-51)62-48)60-38(30(3)52)23-33-17-11-8-12-18-33)44(36)63-49-46(58-28-35-21-15-10-16-22-35)43(29(2)31(4)59-49)57-27-34-19-13-9-14-20-34/h10-13,16-23,26-37,45,47,49,52-53,57-65,67-68,73H,8-9,14-15,24-25,38-43H2,1-7H3,(H,70,72);9-10,13-16,19-22,29,31,33,36-46,48-49,51,54H,7-8,11-12,17-18,23-28H2,1-6H3,(H,50,53)/t45-,47?,52-,53?,57+,58-,59+,60?,61+,62+,63?,64?,65?,67-,68+;29-,31?,36-,37?,38+,39-,40+,41?,42+,43+,44?,45?,46?,48-,49+/m11/s1. The molecule has 15 rings (SSSR count). The maximum atomic E-state index is 13.8. The smallest absolute Gasteiger partial charge is 0.308 e. The number of methoxy groups -OCH3 is 2. The van der Waals surface area contributed by atoms with Gasteiger partial charge in [-0.3, -0.25) is 28.8 Å². The Morgan fingerprint density at radius 2 is 0.733 bits per heavy atom. The lowest BCUT2D eigenvalue weighted by Crippen LogP contribution is -2.67. The quantitative estimate of drug-likeness (QED) is 0.0175. The maximum absolute atomic E-state index is 13.8. The number of ketones is 2. The van der Waals surface area contributed by atoms with Crippen LogP contribution in [0, 0.1) is 54.3 Å². The van der Waals surface area contributed by atoms with Gasteiger partial charge in [-0.2, -0.15) is 0 Å². The van der Waals surface area contributed by atoms with E-state index in [0.717, 1.165) is 109 Å². The molecule has 146 heavy (non-hydrogen) atoms. The van der Waals surface area contributed by atoms with Crippen LogP contribution < -0.4 is 10.6 Å². The number of ether oxygens (including phenoxy) is 17. The van der Waals surface area contributed by atoms with Gasteiger partial charge in [-0.05, 0) is 136 Å². The molecule has 0 spiro atoms. The number of carbonyl (C=O) groups is 6. The average molecular weight is 2020 g/mol. The Labute approximate surface area is 862 Å². The van der Waals surface area contributed by atoms with E-state index in [4.69, 9.17) is 80.5 Å². The van der Waals surface area contributed by atoms with E-state index < -0.39 is 183 Å². The second kappa shape index (κ2) is 55.2. The van der Waals surface area contributed by atoms with Crippen molar-refractivity contribution in [1.29, 1.82) is 0 Å². The van der Waals surface area contributed by atoms with Gasteiger partial charge in [-0.25, -0.2) is 0 Å². The van der Waals surface area contributed by atoms with Crippen molar-refractivity contribution in [2.75, 3.05) is 27.4 Å². The number of Topliss-reactive ketones (excluding diaryl/α,β-unsaturated/α-hetero) is 2. The fraction of sp³-hybridized carbons (Fsp3) is 0.593. The third-order valence-electron chi connectivity index (χ3n) is 31.4. The summed E-state index contributed by atoms with van der Waals surface area (Å²) in [6.45, 7) is 20.4. The van der Waals surface area contributed by atoms with Gasteiger partial charge < -0.3 is 106 Å². The van der Waals surface area contributed by atoms with Gasteiger partial charge in [-0.15, -0.1) is 0 Å². The number of rotatable bonds is 43. The Balaban J connectivity index is 0.000000240. The number of esters is 2. The Morgan fingerprint density at radius 1 is 0.397 bits per heavy atom. The first-order chi connectivity index (χ1) is 70.6. The van der Waals surface area contributed by atoms with Crippen LogP contribution >= 0.6 is 0 Å². The molecule has 12 unspecified atom stereocenters. The molecule has 4 saturated heterocycles. The van der Waals surface area contributed by atoms with Gasteiger partial charge in [0.1, 0.15) is 78.7 Å². The second-order valence-corrected chi connectivity index (χ2v) is 41.6. The first-order valence-electron chi connectivity index (χ1n) is 53.3. The number of aliphatic hydroxyl groups is 3. The van der Waals surface area contributed by atoms with E-state index in [-0.39, 0.29) is 91.9 Å². The highest BCUT2D eigenvalue weighted by atomic mass is 16.8. The minimum absolute atomic E-state index is 0.0804. The van der Waals surface area contributed by atoms with Crippen molar-refractivity contribution in [2.24, 2.45) is 47.3 Å². The van der Waals surface area contributed by atoms with Gasteiger partial charge >= 0.3 is 11.9 Å². The summed E-state index contributed by atoms with van der Waals surface area (Å²) in [4.78, 5) is 80.7. The maximum Gasteiger partial charge on any atom is 0.308 e. The number of aryl methyl sites for hydroxylation is 1. The highest BCUT2D eigenvalue weighted by molar-refractivity contribution is 5.81. The fourth-order valence-electron chi connectivity index (χ4n) is 22.9. The normalized spacial score (nSPS) is 31.4. The van der Waals surface area contributed by atoms with Crippen LogP contribution in [-0.2, 0) is 141 Å². The molecule has 0 aromatic heterocycles. The third-order valence-corrected chi connectivity index (χ3v) is 31.4. The van der Waals surface area contributed by atoms with E-state index in [9.17, 15) is 44.1 Å². The van der Waals surface area contributed by atoms with Gasteiger partial charge in [-0.1, -0.05) is 317 Å². The first-order valence-corrected chi connectivity index (χ1v) is 53.3. The van der Waals surface area contributed by atoms with Crippen molar-refractivity contribution in [3.8, 4) is 0 Å². The Hall–Kier alpha value is -8.96. The molecular formula is C118H158N2O26. The number of aliphatic hydroxyl groups excluding tert-OH is 3. The summed E-state index contributed by atoms with van der Waals surface area (Å²) in [5.74, 6) is -3.39. The number of benzene rings is 7. The van der Waals surface area contributed by atoms with Gasteiger partial charge in [0.05, 0.1) is 115 Å². The van der Waals surface area contributed by atoms with Gasteiger partial charge in [0.15, 0.2) is 36.7 Å². The predicted octanol–water partition coefficient (Wildman–Crippen LogP) is 17.0. The number of amides is 2. The van der Waals surface area contributed by atoms with Crippen molar-refractivity contribution >= 4 is 35.3 Å². The lowest BCUT2D eigenvalue weighted by Gasteiger charge is -2.50. The van der Waals surface area contributed by atoms with E-state index in [0.29, 0.717) is 51.7 Å². The number of hydrogen-bond donors (Lipinski definition) is 5. The molecule has 30 atom stereocenters. The van der Waals surface area contributed by atoms with E-state index in [1.807, 2.05) is 222 Å². The van der Waals surface area contributed by atoms with Crippen LogP contribution in [-0.4, -0.2) is 225 Å². The van der Waals surface area contributed by atoms with E-state index in [1.54, 1.807) is 0 Å². The summed E-state index contributed by atoms with van der Waals surface area (Å²) in [5, 5.41) is 41.1. The third kappa shape index (κ3) is 29.4. The first kappa shape index (κ1) is 113. The number of hydrogen-bond acceptors (Lipinski definition) is 26. The van der Waals surface area contributed by atoms with Crippen LogP contribution in [0.1, 0.15) is 229 Å². The van der Waals surface area contributed by atoms with Crippen LogP contribution in [0.3, 0.4) is 0 Å². The highest BCUT2D eigenvalue weighted by Crippen LogP contribution is 2.48. The summed E-state index contributed by atoms with van der Waals surface area (Å²) in [5.41, 5.74) is 6.36. The molecule has 796 valence electrons. The molecule has 4 saturated carbocycles. The Bertz CT molecular complexity index is 5060. The van der Waals surface area contributed by atoms with Gasteiger partial charge in [0, 0.05) is 25.7 Å². The van der Waals surface area contributed by atoms with Crippen molar-refractivity contribution in [2.45, 2.75) is 371 Å². The van der Waals surface area contributed by atoms with E-state index >= 15 is 0 Å². The minimum atomic E-state index is -1.46. The zero-order valence-electron chi connectivity index (χ0n) is 87.3. The van der Waals surface area contributed by atoms with E-state index in [2.05, 4.69) is 43.5 Å². The zero-order chi connectivity index (χ0) is 104. The molecule has 8 fully saturated rings. The molecule has 0 radical (unpaired) electrons. The van der Waals surface area contributed by atoms with Crippen LogP contribution in [0.15, 0.2) is 206 Å². The van der Waals surface area contributed by atoms with Crippen LogP contribution in [0.5, 0.6) is 0 Å². The monoisotopic (exact) mass is 2020 g/mol. The molecule has 28 heteroatoms. The predicted molar refractivity (Wildman–Crippen MR) is 546 cm³/mol. The minimum Gasteiger partial charge on any atom is -0.469 e. The molecule has 5 N–H and O–H groups in total. The molecule has 28 nitrogen and oxygen atoms in total. The molecule has 4 heterocycles.